The van der Waals surface area contributed by atoms with Crippen molar-refractivity contribution in [2.75, 3.05) is 7.05 Å². The highest BCUT2D eigenvalue weighted by molar-refractivity contribution is 5.96. The lowest BCUT2D eigenvalue weighted by Crippen LogP contribution is -2.65. The minimum atomic E-state index is -1.05. The average Bonchev–Trinajstić information content (AvgIpc) is 2.67. The van der Waals surface area contributed by atoms with Gasteiger partial charge in [0.15, 0.2) is 0 Å². The van der Waals surface area contributed by atoms with E-state index >= 15 is 0 Å². The summed E-state index contributed by atoms with van der Waals surface area (Å²) in [4.78, 5) is 36.1. The van der Waals surface area contributed by atoms with Crippen molar-refractivity contribution >= 4 is 17.9 Å². The van der Waals surface area contributed by atoms with Gasteiger partial charge in [0.1, 0.15) is 11.8 Å². The van der Waals surface area contributed by atoms with Crippen LogP contribution in [0.4, 0.5) is 5.69 Å². The third-order valence-electron chi connectivity index (χ3n) is 7.25. The van der Waals surface area contributed by atoms with Crippen LogP contribution in [-0.2, 0) is 4.79 Å². The maximum atomic E-state index is 13.5. The molecule has 29 heavy (non-hydrogen) atoms. The number of nitro benzene ring substituents is 1. The van der Waals surface area contributed by atoms with Crippen LogP contribution in [0.2, 0.25) is 0 Å². The Bertz CT molecular complexity index is 809. The van der Waals surface area contributed by atoms with E-state index in [1.54, 1.807) is 19.9 Å². The number of nitro groups is 1. The molecule has 0 heterocycles. The monoisotopic (exact) mass is 399 g/mol. The minimum absolute atomic E-state index is 0.128. The molecule has 0 aliphatic heterocycles. The predicted octanol–water partition coefficient (Wildman–Crippen LogP) is 3.69. The van der Waals surface area contributed by atoms with E-state index in [1.807, 2.05) is 12.1 Å². The summed E-state index contributed by atoms with van der Waals surface area (Å²) >= 11 is 0. The number of amides is 1. The summed E-state index contributed by atoms with van der Waals surface area (Å²) in [6, 6.07) is 5.98. The molecule has 4 aliphatic rings. The molecule has 5 rings (SSSR count). The van der Waals surface area contributed by atoms with Crippen molar-refractivity contribution in [1.82, 2.24) is 10.0 Å². The van der Waals surface area contributed by atoms with E-state index in [9.17, 15) is 19.7 Å². The first-order valence-corrected chi connectivity index (χ1v) is 10.5. The second-order valence-corrected chi connectivity index (χ2v) is 9.69. The van der Waals surface area contributed by atoms with E-state index in [0.29, 0.717) is 11.8 Å². The van der Waals surface area contributed by atoms with Gasteiger partial charge in [0.2, 0.25) is 0 Å². The fraction of sp³-hybridized carbons (Fsp3) is 0.636. The van der Waals surface area contributed by atoms with E-state index in [-0.39, 0.29) is 23.2 Å². The Morgan fingerprint density at radius 2 is 1.72 bits per heavy atom. The molecule has 4 aliphatic carbocycles. The Morgan fingerprint density at radius 1 is 1.14 bits per heavy atom. The van der Waals surface area contributed by atoms with Crippen molar-refractivity contribution in [2.24, 2.45) is 23.7 Å². The molecule has 7 nitrogen and oxygen atoms in total. The highest BCUT2D eigenvalue weighted by atomic mass is 16.6. The molecule has 0 unspecified atom stereocenters. The van der Waals surface area contributed by atoms with Crippen molar-refractivity contribution in [3.8, 4) is 0 Å². The van der Waals surface area contributed by atoms with Gasteiger partial charge in [0.25, 0.3) is 11.6 Å². The number of hydrazine groups is 1. The van der Waals surface area contributed by atoms with Crippen LogP contribution >= 0.6 is 0 Å². The number of carbonyl (C=O) groups is 2. The number of rotatable bonds is 6. The summed E-state index contributed by atoms with van der Waals surface area (Å²) in [7, 11) is 1.91. The molecular weight excluding hydrogens is 370 g/mol. The van der Waals surface area contributed by atoms with E-state index in [0.717, 1.165) is 18.1 Å². The lowest BCUT2D eigenvalue weighted by Gasteiger charge is -2.59. The maximum Gasteiger partial charge on any atom is 0.270 e. The lowest BCUT2D eigenvalue weighted by molar-refractivity contribution is -0.384. The lowest BCUT2D eigenvalue weighted by atomic mass is 9.54. The molecule has 4 saturated carbocycles. The Kier molecular flexibility index (Phi) is 4.97. The maximum absolute atomic E-state index is 13.5. The molecule has 0 N–H and O–H groups in total. The van der Waals surface area contributed by atoms with Crippen molar-refractivity contribution in [1.29, 1.82) is 0 Å². The molecule has 4 bridgehead atoms. The van der Waals surface area contributed by atoms with Crippen LogP contribution in [0.1, 0.15) is 56.3 Å². The highest BCUT2D eigenvalue weighted by Crippen LogP contribution is 2.55. The molecule has 1 amide bonds. The first-order chi connectivity index (χ1) is 13.7. The molecular formula is C22H29N3O4. The molecule has 7 heteroatoms. The highest BCUT2D eigenvalue weighted by Gasteiger charge is 2.52. The number of carbonyl (C=O) groups excluding carboxylic acids is 2. The van der Waals surface area contributed by atoms with E-state index in [1.165, 1.54) is 55.3 Å². The molecule has 0 saturated heterocycles. The summed E-state index contributed by atoms with van der Waals surface area (Å²) in [6.07, 6.45) is 6.92. The van der Waals surface area contributed by atoms with E-state index < -0.39 is 10.5 Å². The molecule has 4 fully saturated rings. The van der Waals surface area contributed by atoms with Crippen LogP contribution in [0.15, 0.2) is 24.3 Å². The van der Waals surface area contributed by atoms with Crippen LogP contribution in [0.5, 0.6) is 0 Å². The molecule has 0 aromatic heterocycles. The Hall–Kier alpha value is -2.28. The Morgan fingerprint density at radius 3 is 2.24 bits per heavy atom. The molecule has 1 aromatic rings. The quantitative estimate of drug-likeness (QED) is 0.414. The second kappa shape index (κ2) is 7.20. The number of nitrogens with zero attached hydrogens (tertiary/aromatic N) is 3. The van der Waals surface area contributed by atoms with Gasteiger partial charge < -0.3 is 4.79 Å². The largest absolute Gasteiger partial charge is 0.301 e. The number of benzene rings is 1. The number of non-ortho nitro benzene ring substituents is 1. The Labute approximate surface area is 171 Å². The fourth-order valence-corrected chi connectivity index (χ4v) is 6.38. The van der Waals surface area contributed by atoms with Crippen LogP contribution in [0, 0.1) is 33.8 Å². The van der Waals surface area contributed by atoms with Crippen LogP contribution in [0.3, 0.4) is 0 Å². The fourth-order valence-electron chi connectivity index (χ4n) is 6.38. The molecule has 0 spiro atoms. The smallest absolute Gasteiger partial charge is 0.270 e. The minimum Gasteiger partial charge on any atom is -0.301 e. The summed E-state index contributed by atoms with van der Waals surface area (Å²) in [6.45, 7) is 3.45. The average molecular weight is 399 g/mol. The van der Waals surface area contributed by atoms with Crippen LogP contribution in [-0.4, -0.2) is 45.8 Å². The van der Waals surface area contributed by atoms with Gasteiger partial charge in [0.05, 0.1) is 4.92 Å². The van der Waals surface area contributed by atoms with Crippen LogP contribution < -0.4 is 0 Å². The van der Waals surface area contributed by atoms with E-state index in [2.05, 4.69) is 0 Å². The predicted molar refractivity (Wildman–Crippen MR) is 108 cm³/mol. The third kappa shape index (κ3) is 3.45. The first-order valence-electron chi connectivity index (χ1n) is 10.5. The first kappa shape index (κ1) is 20.0. The zero-order valence-corrected chi connectivity index (χ0v) is 17.3. The zero-order valence-electron chi connectivity index (χ0n) is 17.3. The topological polar surface area (TPSA) is 83.8 Å². The van der Waals surface area contributed by atoms with Gasteiger partial charge in [-0.05, 0) is 75.7 Å². The van der Waals surface area contributed by atoms with Crippen molar-refractivity contribution in [2.45, 2.75) is 57.5 Å². The normalized spacial score (nSPS) is 30.4. The van der Waals surface area contributed by atoms with Crippen molar-refractivity contribution in [3.05, 3.63) is 39.9 Å². The molecule has 1 aromatic carbocycles. The molecule has 0 radical (unpaired) electrons. The van der Waals surface area contributed by atoms with Gasteiger partial charge in [-0.25, -0.2) is 5.01 Å². The van der Waals surface area contributed by atoms with Gasteiger partial charge in [-0.2, -0.15) is 0 Å². The zero-order chi connectivity index (χ0) is 20.9. The van der Waals surface area contributed by atoms with Gasteiger partial charge in [-0.15, -0.1) is 0 Å². The summed E-state index contributed by atoms with van der Waals surface area (Å²) in [5.41, 5.74) is -0.952. The summed E-state index contributed by atoms with van der Waals surface area (Å²) in [5.74, 6) is 2.32. The number of aldehydes is 1. The molecule has 156 valence electrons. The number of hydrogen-bond acceptors (Lipinski definition) is 5. The van der Waals surface area contributed by atoms with Gasteiger partial charge in [0, 0.05) is 30.8 Å². The summed E-state index contributed by atoms with van der Waals surface area (Å²) in [5, 5.41) is 14.7. The van der Waals surface area contributed by atoms with Crippen molar-refractivity contribution in [3.63, 3.8) is 0 Å². The second-order valence-electron chi connectivity index (χ2n) is 9.69. The summed E-state index contributed by atoms with van der Waals surface area (Å²) < 4.78 is 0. The Balaban J connectivity index is 1.67. The van der Waals surface area contributed by atoms with Crippen LogP contribution in [0.25, 0.3) is 0 Å². The standard InChI is InChI=1S/C22H29N3O4/c1-22(2,13-26)24(21(27)16-5-4-6-19(12-16)25(28)29)23(3)20-17-8-14-7-15(10-17)11-18(20)9-14/h4-6,12-15,17-18,20H,7-11H2,1-3H3. The van der Waals surface area contributed by atoms with Crippen molar-refractivity contribution < 1.29 is 14.5 Å². The van der Waals surface area contributed by atoms with E-state index in [4.69, 9.17) is 0 Å². The van der Waals surface area contributed by atoms with Gasteiger partial charge in [-0.1, -0.05) is 6.07 Å². The van der Waals surface area contributed by atoms with Gasteiger partial charge >= 0.3 is 0 Å². The number of hydrogen-bond donors (Lipinski definition) is 0. The van der Waals surface area contributed by atoms with Gasteiger partial charge in [-0.3, -0.25) is 19.9 Å². The third-order valence-corrected chi connectivity index (χ3v) is 7.25. The molecule has 0 atom stereocenters. The SMILES string of the molecule is CN(C1C2CC3CC(C2)CC1C3)N(C(=O)c1cccc([N+](=O)[O-])c1)C(C)(C)C=O.